The molecule has 6 nitrogen and oxygen atoms in total. The molecule has 148 valence electrons. The van der Waals surface area contributed by atoms with Crippen molar-refractivity contribution in [2.75, 3.05) is 6.54 Å². The Morgan fingerprint density at radius 2 is 1.59 bits per heavy atom. The molecule has 0 saturated carbocycles. The highest BCUT2D eigenvalue weighted by Gasteiger charge is 2.20. The number of fused-ring (bicyclic) bond motifs is 2. The molecule has 0 saturated heterocycles. The zero-order chi connectivity index (χ0) is 20.4. The lowest BCUT2D eigenvalue weighted by molar-refractivity contribution is -0.482. The SMILES string of the molecule is CC=[N+](NC(=N)NCCc1c(C)[nH]c2ccccc12)c1c(C)[nH]c2ccccc12. The lowest BCUT2D eigenvalue weighted by Gasteiger charge is -2.09. The van der Waals surface area contributed by atoms with Crippen LogP contribution in [0, 0.1) is 19.3 Å². The number of para-hydroxylation sites is 2. The summed E-state index contributed by atoms with van der Waals surface area (Å²) in [5.41, 5.74) is 9.97. The number of guanidine groups is 1. The molecule has 0 aliphatic heterocycles. The van der Waals surface area contributed by atoms with Crippen LogP contribution in [0.1, 0.15) is 23.9 Å². The number of aromatic amines is 2. The Hall–Kier alpha value is -3.54. The molecule has 0 spiro atoms. The van der Waals surface area contributed by atoms with E-state index in [9.17, 15) is 0 Å². The molecule has 2 aromatic carbocycles. The topological polar surface area (TPSA) is 82.5 Å². The molecular weight excluding hydrogens is 360 g/mol. The van der Waals surface area contributed by atoms with E-state index in [1.807, 2.05) is 42.9 Å². The molecule has 4 rings (SSSR count). The average Bonchev–Trinajstić information content (AvgIpc) is 3.22. The molecule has 0 aliphatic rings. The van der Waals surface area contributed by atoms with Crippen molar-refractivity contribution in [2.45, 2.75) is 27.2 Å². The van der Waals surface area contributed by atoms with Crippen LogP contribution in [-0.4, -0.2) is 33.4 Å². The Bertz CT molecular complexity index is 1210. The van der Waals surface area contributed by atoms with Crippen LogP contribution in [0.2, 0.25) is 0 Å². The number of aryl methyl sites for hydroxylation is 2. The summed E-state index contributed by atoms with van der Waals surface area (Å²) in [6, 6.07) is 16.5. The third kappa shape index (κ3) is 3.61. The van der Waals surface area contributed by atoms with Crippen LogP contribution in [0.3, 0.4) is 0 Å². The Morgan fingerprint density at radius 1 is 0.966 bits per heavy atom. The number of H-pyrrole nitrogens is 2. The summed E-state index contributed by atoms with van der Waals surface area (Å²) in [4.78, 5) is 6.84. The third-order valence-corrected chi connectivity index (χ3v) is 5.29. The highest BCUT2D eigenvalue weighted by molar-refractivity contribution is 5.91. The van der Waals surface area contributed by atoms with Gasteiger partial charge < -0.3 is 15.3 Å². The highest BCUT2D eigenvalue weighted by atomic mass is 15.5. The van der Waals surface area contributed by atoms with Gasteiger partial charge in [-0.05, 0) is 44.0 Å². The number of hydrazone groups is 1. The second kappa shape index (κ2) is 7.83. The highest BCUT2D eigenvalue weighted by Crippen LogP contribution is 2.28. The number of hydrogen-bond acceptors (Lipinski definition) is 1. The number of nitrogens with one attached hydrogen (secondary N) is 5. The summed E-state index contributed by atoms with van der Waals surface area (Å²) in [7, 11) is 0. The molecule has 2 aromatic heterocycles. The molecule has 5 N–H and O–H groups in total. The third-order valence-electron chi connectivity index (χ3n) is 5.29. The molecule has 0 bridgehead atoms. The minimum Gasteiger partial charge on any atom is -0.358 e. The lowest BCUT2D eigenvalue weighted by atomic mass is 10.1. The summed E-state index contributed by atoms with van der Waals surface area (Å²) in [6.07, 6.45) is 2.78. The molecule has 29 heavy (non-hydrogen) atoms. The van der Waals surface area contributed by atoms with Crippen LogP contribution in [0.4, 0.5) is 5.69 Å². The second-order valence-corrected chi connectivity index (χ2v) is 7.21. The van der Waals surface area contributed by atoms with E-state index in [4.69, 9.17) is 5.41 Å². The van der Waals surface area contributed by atoms with E-state index in [-0.39, 0.29) is 5.96 Å². The van der Waals surface area contributed by atoms with E-state index < -0.39 is 0 Å². The molecule has 0 atom stereocenters. The maximum absolute atomic E-state index is 8.35. The number of rotatable bonds is 5. The van der Waals surface area contributed by atoms with Gasteiger partial charge in [0, 0.05) is 30.1 Å². The predicted octanol–water partition coefficient (Wildman–Crippen LogP) is 4.27. The van der Waals surface area contributed by atoms with Crippen molar-refractivity contribution in [1.82, 2.24) is 20.7 Å². The van der Waals surface area contributed by atoms with Crippen molar-refractivity contribution in [3.05, 3.63) is 65.5 Å². The van der Waals surface area contributed by atoms with E-state index in [1.165, 1.54) is 16.6 Å². The lowest BCUT2D eigenvalue weighted by Crippen LogP contribution is -2.42. The van der Waals surface area contributed by atoms with Gasteiger partial charge in [0.1, 0.15) is 0 Å². The van der Waals surface area contributed by atoms with Gasteiger partial charge >= 0.3 is 0 Å². The van der Waals surface area contributed by atoms with Gasteiger partial charge in [-0.15, -0.1) is 5.43 Å². The molecule has 0 aliphatic carbocycles. The van der Waals surface area contributed by atoms with Gasteiger partial charge in [0.25, 0.3) is 5.69 Å². The zero-order valence-corrected chi connectivity index (χ0v) is 17.1. The molecule has 0 amide bonds. The average molecular weight is 388 g/mol. The Kier molecular flexibility index (Phi) is 5.08. The number of nitrogens with zero attached hydrogens (tertiary/aromatic N) is 1. The van der Waals surface area contributed by atoms with E-state index in [1.54, 1.807) is 0 Å². The van der Waals surface area contributed by atoms with E-state index in [0.29, 0.717) is 6.54 Å². The fourth-order valence-electron chi connectivity index (χ4n) is 3.95. The van der Waals surface area contributed by atoms with Crippen molar-refractivity contribution in [1.29, 1.82) is 5.41 Å². The first kappa shape index (κ1) is 18.8. The van der Waals surface area contributed by atoms with E-state index in [0.717, 1.165) is 34.2 Å². The zero-order valence-electron chi connectivity index (χ0n) is 17.1. The van der Waals surface area contributed by atoms with Crippen molar-refractivity contribution in [3.8, 4) is 0 Å². The minimum atomic E-state index is 0.269. The Balaban J connectivity index is 1.43. The summed E-state index contributed by atoms with van der Waals surface area (Å²) < 4.78 is 1.89. The van der Waals surface area contributed by atoms with Crippen LogP contribution in [-0.2, 0) is 6.42 Å². The van der Waals surface area contributed by atoms with Gasteiger partial charge in [-0.3, -0.25) is 5.41 Å². The standard InChI is InChI=1S/C23H27N6/c1-4-29(22-16(3)27-21-12-8-6-10-19(21)22)28-23(24)25-14-13-17-15(2)26-20-11-7-5-9-18(17)20/h4-12,26-27H,13-14H2,1-3H3,(H3,24,25,28)/q+1. The first-order valence-corrected chi connectivity index (χ1v) is 9.89. The van der Waals surface area contributed by atoms with Gasteiger partial charge in [0.15, 0.2) is 6.21 Å². The summed E-state index contributed by atoms with van der Waals surface area (Å²) >= 11 is 0. The smallest absolute Gasteiger partial charge is 0.263 e. The number of hydrogen-bond donors (Lipinski definition) is 5. The van der Waals surface area contributed by atoms with Crippen LogP contribution >= 0.6 is 0 Å². The van der Waals surface area contributed by atoms with Gasteiger partial charge in [0.05, 0.1) is 16.6 Å². The number of benzene rings is 2. The fourth-order valence-corrected chi connectivity index (χ4v) is 3.95. The largest absolute Gasteiger partial charge is 0.358 e. The normalized spacial score (nSPS) is 11.9. The van der Waals surface area contributed by atoms with Crippen LogP contribution in [0.25, 0.3) is 21.8 Å². The predicted molar refractivity (Wildman–Crippen MR) is 120 cm³/mol. The monoisotopic (exact) mass is 387 g/mol. The Morgan fingerprint density at radius 3 is 2.31 bits per heavy atom. The second-order valence-electron chi connectivity index (χ2n) is 7.21. The fraction of sp³-hybridized carbons (Fsp3) is 0.217. The molecule has 6 heteroatoms. The van der Waals surface area contributed by atoms with Crippen molar-refractivity contribution in [3.63, 3.8) is 0 Å². The van der Waals surface area contributed by atoms with Crippen LogP contribution in [0.5, 0.6) is 0 Å². The van der Waals surface area contributed by atoms with Crippen LogP contribution < -0.4 is 10.7 Å². The van der Waals surface area contributed by atoms with Crippen molar-refractivity contribution < 1.29 is 4.68 Å². The molecule has 0 radical (unpaired) electrons. The number of aromatic nitrogens is 2. The number of hydrazine groups is 1. The quantitative estimate of drug-likeness (QED) is 0.153. The van der Waals surface area contributed by atoms with Gasteiger partial charge in [-0.1, -0.05) is 35.0 Å². The minimum absolute atomic E-state index is 0.269. The molecule has 0 unspecified atom stereocenters. The first-order chi connectivity index (χ1) is 14.1. The first-order valence-electron chi connectivity index (χ1n) is 9.89. The van der Waals surface area contributed by atoms with Crippen molar-refractivity contribution in [2.24, 2.45) is 0 Å². The maximum Gasteiger partial charge on any atom is 0.263 e. The van der Waals surface area contributed by atoms with E-state index in [2.05, 4.69) is 58.0 Å². The summed E-state index contributed by atoms with van der Waals surface area (Å²) in [6.45, 7) is 6.78. The van der Waals surface area contributed by atoms with Gasteiger partial charge in [0.2, 0.25) is 5.96 Å². The summed E-state index contributed by atoms with van der Waals surface area (Å²) in [5, 5.41) is 13.9. The maximum atomic E-state index is 8.35. The van der Waals surface area contributed by atoms with E-state index >= 15 is 0 Å². The Labute approximate surface area is 170 Å². The van der Waals surface area contributed by atoms with Gasteiger partial charge in [-0.2, -0.15) is 0 Å². The van der Waals surface area contributed by atoms with Gasteiger partial charge in [-0.25, -0.2) is 0 Å². The van der Waals surface area contributed by atoms with Crippen LogP contribution in [0.15, 0.2) is 48.5 Å². The summed E-state index contributed by atoms with van der Waals surface area (Å²) in [5.74, 6) is 0.269. The van der Waals surface area contributed by atoms with Crippen molar-refractivity contribution >= 4 is 39.7 Å². The molecule has 0 fully saturated rings. The molecule has 2 heterocycles. The molecular formula is C23H27N6+. The molecule has 4 aromatic rings.